The molecule has 1 aromatic carbocycles. The number of hydrogen-bond donors (Lipinski definition) is 2. The molecule has 1 fully saturated rings. The highest BCUT2D eigenvalue weighted by atomic mass is 16.6. The van der Waals surface area contributed by atoms with Crippen LogP contribution in [0.4, 0.5) is 4.79 Å². The number of carbonyl (C=O) groups excluding carboxylic acids is 2. The summed E-state index contributed by atoms with van der Waals surface area (Å²) in [5, 5.41) is 12.3. The number of amides is 2. The second kappa shape index (κ2) is 10.6. The average Bonchev–Trinajstić information content (AvgIpc) is 3.31. The molecule has 0 aliphatic carbocycles. The third-order valence-corrected chi connectivity index (χ3v) is 6.44. The van der Waals surface area contributed by atoms with E-state index in [9.17, 15) is 29.1 Å². The van der Waals surface area contributed by atoms with E-state index in [1.165, 1.54) is 16.5 Å². The van der Waals surface area contributed by atoms with Gasteiger partial charge in [0.05, 0.1) is 5.56 Å². The number of hydrogen-bond acceptors (Lipinski definition) is 6. The first-order valence-corrected chi connectivity index (χ1v) is 12.1. The minimum atomic E-state index is -1.22. The smallest absolute Gasteiger partial charge is 0.410 e. The van der Waals surface area contributed by atoms with E-state index in [0.717, 1.165) is 4.57 Å². The fraction of sp³-hybridized carbons (Fsp3) is 0.500. The van der Waals surface area contributed by atoms with E-state index in [2.05, 4.69) is 5.32 Å². The molecule has 1 aliphatic rings. The van der Waals surface area contributed by atoms with Gasteiger partial charge in [0.1, 0.15) is 17.7 Å². The molecule has 2 N–H and O–H groups in total. The highest BCUT2D eigenvalue weighted by Crippen LogP contribution is 2.22. The number of aliphatic carboxylic acids is 1. The number of likely N-dealkylation sites (tertiary alicyclic amines) is 1. The Labute approximate surface area is 214 Å². The lowest BCUT2D eigenvalue weighted by atomic mass is 10.00. The normalized spacial score (nSPS) is 16.4. The molecular formula is C26H34N4O7. The number of nitrogens with zero attached hydrogens (tertiary/aromatic N) is 3. The maximum atomic E-state index is 12.9. The molecule has 3 rings (SSSR count). The van der Waals surface area contributed by atoms with Crippen LogP contribution in [-0.2, 0) is 34.8 Å². The summed E-state index contributed by atoms with van der Waals surface area (Å²) in [5.74, 6) is -1.75. The number of carboxylic acid groups (broad SMARTS) is 1. The quantitative estimate of drug-likeness (QED) is 0.596. The van der Waals surface area contributed by atoms with E-state index in [0.29, 0.717) is 41.8 Å². The summed E-state index contributed by atoms with van der Waals surface area (Å²) >= 11 is 0. The van der Waals surface area contributed by atoms with Crippen molar-refractivity contribution in [1.82, 2.24) is 19.4 Å². The number of aromatic nitrogens is 2. The van der Waals surface area contributed by atoms with Crippen LogP contribution in [0, 0.1) is 6.92 Å². The molecule has 0 spiro atoms. The van der Waals surface area contributed by atoms with Gasteiger partial charge in [-0.1, -0.05) is 24.3 Å². The number of ether oxygens (including phenoxy) is 1. The summed E-state index contributed by atoms with van der Waals surface area (Å²) in [6, 6.07) is 4.72. The Balaban J connectivity index is 1.76. The standard InChI is InChI=1S/C26H34N4O7/c1-15-20(22(32)29(6)24(35)28(15)5)17-11-9-16(10-12-17)14-18(23(33)34)27-21(31)19-8-7-13-30(19)25(36)37-26(2,3)4/h9-12,18-19H,7-8,13-14H2,1-6H3,(H,27,31)(H,33,34). The zero-order valence-corrected chi connectivity index (χ0v) is 22.0. The number of carboxylic acids is 1. The zero-order valence-electron chi connectivity index (χ0n) is 22.0. The van der Waals surface area contributed by atoms with E-state index in [1.54, 1.807) is 59.0 Å². The first-order valence-electron chi connectivity index (χ1n) is 12.1. The number of rotatable bonds is 6. The minimum Gasteiger partial charge on any atom is -0.480 e. The van der Waals surface area contributed by atoms with E-state index in [1.807, 2.05) is 0 Å². The van der Waals surface area contributed by atoms with Gasteiger partial charge in [0.2, 0.25) is 5.91 Å². The molecule has 2 atom stereocenters. The Morgan fingerprint density at radius 3 is 2.30 bits per heavy atom. The maximum Gasteiger partial charge on any atom is 0.410 e. The van der Waals surface area contributed by atoms with Crippen LogP contribution in [0.5, 0.6) is 0 Å². The molecule has 0 radical (unpaired) electrons. The van der Waals surface area contributed by atoms with Gasteiger partial charge in [-0.25, -0.2) is 14.4 Å². The van der Waals surface area contributed by atoms with Crippen LogP contribution in [-0.4, -0.2) is 61.3 Å². The van der Waals surface area contributed by atoms with Gasteiger partial charge in [-0.2, -0.15) is 0 Å². The fourth-order valence-electron chi connectivity index (χ4n) is 4.37. The van der Waals surface area contributed by atoms with Crippen molar-refractivity contribution < 1.29 is 24.2 Å². The molecule has 1 saturated heterocycles. The predicted molar refractivity (Wildman–Crippen MR) is 136 cm³/mol. The van der Waals surface area contributed by atoms with Crippen molar-refractivity contribution in [2.75, 3.05) is 6.54 Å². The van der Waals surface area contributed by atoms with Crippen LogP contribution in [0.1, 0.15) is 44.9 Å². The predicted octanol–water partition coefficient (Wildman–Crippen LogP) is 1.57. The second-order valence-corrected chi connectivity index (χ2v) is 10.3. The van der Waals surface area contributed by atoms with Crippen LogP contribution >= 0.6 is 0 Å². The molecular weight excluding hydrogens is 480 g/mol. The van der Waals surface area contributed by atoms with Gasteiger partial charge in [-0.15, -0.1) is 0 Å². The molecule has 0 bridgehead atoms. The first-order chi connectivity index (χ1) is 17.2. The summed E-state index contributed by atoms with van der Waals surface area (Å²) < 4.78 is 7.81. The minimum absolute atomic E-state index is 0.00474. The van der Waals surface area contributed by atoms with Crippen molar-refractivity contribution in [2.24, 2.45) is 14.1 Å². The van der Waals surface area contributed by atoms with E-state index >= 15 is 0 Å². The highest BCUT2D eigenvalue weighted by Gasteiger charge is 2.38. The van der Waals surface area contributed by atoms with Crippen molar-refractivity contribution in [1.29, 1.82) is 0 Å². The average molecular weight is 515 g/mol. The summed E-state index contributed by atoms with van der Waals surface area (Å²) in [5.41, 5.74) is 0.558. The Bertz CT molecular complexity index is 1320. The first kappa shape index (κ1) is 27.7. The molecule has 1 aromatic heterocycles. The Hall–Kier alpha value is -3.89. The van der Waals surface area contributed by atoms with E-state index < -0.39 is 46.9 Å². The molecule has 0 saturated carbocycles. The topological polar surface area (TPSA) is 140 Å². The van der Waals surface area contributed by atoms with Crippen molar-refractivity contribution in [3.63, 3.8) is 0 Å². The lowest BCUT2D eigenvalue weighted by Gasteiger charge is -2.28. The molecule has 11 nitrogen and oxygen atoms in total. The van der Waals surface area contributed by atoms with Crippen LogP contribution in [0.3, 0.4) is 0 Å². The number of nitrogens with one attached hydrogen (secondary N) is 1. The molecule has 2 unspecified atom stereocenters. The van der Waals surface area contributed by atoms with Gasteiger partial charge < -0.3 is 19.7 Å². The molecule has 11 heteroatoms. The van der Waals surface area contributed by atoms with Gasteiger partial charge in [-0.3, -0.25) is 19.1 Å². The largest absolute Gasteiger partial charge is 0.480 e. The molecule has 2 amide bonds. The molecule has 200 valence electrons. The van der Waals surface area contributed by atoms with Crippen molar-refractivity contribution in [3.05, 3.63) is 56.4 Å². The number of benzene rings is 1. The Morgan fingerprint density at radius 2 is 1.73 bits per heavy atom. The van der Waals surface area contributed by atoms with Crippen molar-refractivity contribution >= 4 is 18.0 Å². The third kappa shape index (κ3) is 6.10. The van der Waals surface area contributed by atoms with Gasteiger partial charge in [0.15, 0.2) is 0 Å². The van der Waals surface area contributed by atoms with Crippen LogP contribution in [0.15, 0.2) is 33.9 Å². The third-order valence-electron chi connectivity index (χ3n) is 6.44. The lowest BCUT2D eigenvalue weighted by Crippen LogP contribution is -2.52. The summed E-state index contributed by atoms with van der Waals surface area (Å²) in [7, 11) is 3.00. The zero-order chi connectivity index (χ0) is 27.7. The van der Waals surface area contributed by atoms with Crippen molar-refractivity contribution in [3.8, 4) is 11.1 Å². The Morgan fingerprint density at radius 1 is 1.11 bits per heavy atom. The molecule has 37 heavy (non-hydrogen) atoms. The van der Waals surface area contributed by atoms with Gasteiger partial charge in [0.25, 0.3) is 5.56 Å². The highest BCUT2D eigenvalue weighted by molar-refractivity contribution is 5.89. The SMILES string of the molecule is Cc1c(-c2ccc(CC(NC(=O)C3CCCN3C(=O)OC(C)(C)C)C(=O)O)cc2)c(=O)n(C)c(=O)n1C. The van der Waals surface area contributed by atoms with Gasteiger partial charge >= 0.3 is 17.8 Å². The van der Waals surface area contributed by atoms with Crippen LogP contribution in [0.2, 0.25) is 0 Å². The molecule has 1 aliphatic heterocycles. The second-order valence-electron chi connectivity index (χ2n) is 10.3. The summed E-state index contributed by atoms with van der Waals surface area (Å²) in [6.07, 6.45) is 0.429. The lowest BCUT2D eigenvalue weighted by molar-refractivity contribution is -0.142. The monoisotopic (exact) mass is 514 g/mol. The maximum absolute atomic E-state index is 12.9. The van der Waals surface area contributed by atoms with Gasteiger partial charge in [0, 0.05) is 32.8 Å². The molecule has 2 aromatic rings. The number of carbonyl (C=O) groups is 3. The molecule has 2 heterocycles. The fourth-order valence-corrected chi connectivity index (χ4v) is 4.37. The van der Waals surface area contributed by atoms with Crippen LogP contribution < -0.4 is 16.6 Å². The summed E-state index contributed by atoms with van der Waals surface area (Å²) in [4.78, 5) is 63.6. The van der Waals surface area contributed by atoms with E-state index in [-0.39, 0.29) is 6.42 Å². The van der Waals surface area contributed by atoms with Crippen LogP contribution in [0.25, 0.3) is 11.1 Å². The van der Waals surface area contributed by atoms with Crippen molar-refractivity contribution in [2.45, 2.75) is 64.6 Å². The van der Waals surface area contributed by atoms with E-state index in [4.69, 9.17) is 4.74 Å². The summed E-state index contributed by atoms with van der Waals surface area (Å²) in [6.45, 7) is 7.25. The Kier molecular flexibility index (Phi) is 7.94. The van der Waals surface area contributed by atoms with Gasteiger partial charge in [-0.05, 0) is 51.7 Å².